The molecule has 7 heteroatoms. The van der Waals surface area contributed by atoms with Crippen LogP contribution < -0.4 is 10.6 Å². The van der Waals surface area contributed by atoms with Gasteiger partial charge in [-0.05, 0) is 12.1 Å². The monoisotopic (exact) mass is 298 g/mol. The molecular formula is C13H19ClN4O2. The minimum Gasteiger partial charge on any atom is -0.383 e. The van der Waals surface area contributed by atoms with Crippen LogP contribution in [0.25, 0.3) is 0 Å². The molecule has 1 aromatic rings. The summed E-state index contributed by atoms with van der Waals surface area (Å²) in [4.78, 5) is 20.2. The van der Waals surface area contributed by atoms with Crippen LogP contribution in [0.1, 0.15) is 0 Å². The van der Waals surface area contributed by atoms with Crippen LogP contribution in [-0.2, 0) is 9.53 Å². The molecule has 1 saturated heterocycles. The number of rotatable bonds is 4. The fourth-order valence-corrected chi connectivity index (χ4v) is 2.48. The number of ether oxygens (including phenoxy) is 1. The average Bonchev–Trinajstić information content (AvgIpc) is 2.47. The minimum absolute atomic E-state index is 0.0707. The first-order chi connectivity index (χ1) is 9.63. The van der Waals surface area contributed by atoms with E-state index in [1.165, 1.54) is 7.11 Å². The van der Waals surface area contributed by atoms with Crippen molar-refractivity contribution in [1.82, 2.24) is 9.88 Å². The number of hydrogen-bond donors (Lipinski definition) is 1. The Bertz CT molecular complexity index is 463. The van der Waals surface area contributed by atoms with Crippen molar-refractivity contribution in [3.8, 4) is 0 Å². The van der Waals surface area contributed by atoms with Crippen LogP contribution in [0.15, 0.2) is 18.3 Å². The molecule has 1 atom stereocenters. The molecule has 0 spiro atoms. The first kappa shape index (κ1) is 15.0. The molecule has 1 fully saturated rings. The van der Waals surface area contributed by atoms with Gasteiger partial charge in [-0.3, -0.25) is 4.79 Å². The van der Waals surface area contributed by atoms with E-state index in [1.54, 1.807) is 17.2 Å². The van der Waals surface area contributed by atoms with Gasteiger partial charge in [0, 0.05) is 39.5 Å². The van der Waals surface area contributed by atoms with Gasteiger partial charge in [0.15, 0.2) is 0 Å². The highest BCUT2D eigenvalue weighted by Crippen LogP contribution is 2.23. The summed E-state index contributed by atoms with van der Waals surface area (Å²) in [5, 5.41) is 0.628. The van der Waals surface area contributed by atoms with Crippen LogP contribution in [-0.4, -0.2) is 61.7 Å². The predicted octanol–water partition coefficient (Wildman–Crippen LogP) is 0.357. The molecule has 1 aromatic heterocycles. The molecule has 1 aliphatic rings. The normalized spacial score (nSPS) is 17.1. The molecule has 6 nitrogen and oxygen atoms in total. The Kier molecular flexibility index (Phi) is 5.17. The summed E-state index contributed by atoms with van der Waals surface area (Å²) < 4.78 is 4.91. The van der Waals surface area contributed by atoms with Crippen LogP contribution in [0.3, 0.4) is 0 Å². The fraction of sp³-hybridized carbons (Fsp3) is 0.538. The van der Waals surface area contributed by atoms with Gasteiger partial charge in [0.1, 0.15) is 11.9 Å². The van der Waals surface area contributed by atoms with E-state index >= 15 is 0 Å². The van der Waals surface area contributed by atoms with Gasteiger partial charge in [-0.15, -0.1) is 0 Å². The van der Waals surface area contributed by atoms with Gasteiger partial charge >= 0.3 is 0 Å². The molecule has 1 aliphatic heterocycles. The maximum Gasteiger partial charge on any atom is 0.241 e. The number of aromatic nitrogens is 1. The summed E-state index contributed by atoms with van der Waals surface area (Å²) in [7, 11) is 1.54. The van der Waals surface area contributed by atoms with Gasteiger partial charge in [-0.25, -0.2) is 4.98 Å². The Balaban J connectivity index is 1.93. The molecule has 110 valence electrons. The van der Waals surface area contributed by atoms with Gasteiger partial charge < -0.3 is 20.3 Å². The van der Waals surface area contributed by atoms with E-state index < -0.39 is 6.04 Å². The van der Waals surface area contributed by atoms with Gasteiger partial charge in [0.25, 0.3) is 0 Å². The number of anilines is 1. The summed E-state index contributed by atoms with van der Waals surface area (Å²) in [6, 6.07) is 3.02. The SMILES string of the molecule is COCC(N)C(=O)N1CCN(c2ncccc2Cl)CC1. The summed E-state index contributed by atoms with van der Waals surface area (Å²) in [6.07, 6.45) is 1.72. The highest BCUT2D eigenvalue weighted by molar-refractivity contribution is 6.32. The molecule has 2 heterocycles. The molecule has 0 radical (unpaired) electrons. The molecule has 1 unspecified atom stereocenters. The number of amides is 1. The van der Waals surface area contributed by atoms with Crippen LogP contribution in [0.5, 0.6) is 0 Å². The van der Waals surface area contributed by atoms with Crippen LogP contribution in [0.4, 0.5) is 5.82 Å². The van der Waals surface area contributed by atoms with Crippen molar-refractivity contribution in [2.45, 2.75) is 6.04 Å². The number of pyridine rings is 1. The first-order valence-corrected chi connectivity index (χ1v) is 6.90. The van der Waals surface area contributed by atoms with Gasteiger partial charge in [-0.1, -0.05) is 11.6 Å². The average molecular weight is 299 g/mol. The summed E-state index contributed by atoms with van der Waals surface area (Å²) in [5.74, 6) is 0.695. The van der Waals surface area contributed by atoms with Crippen molar-refractivity contribution in [3.05, 3.63) is 23.4 Å². The Morgan fingerprint density at radius 1 is 1.50 bits per heavy atom. The number of carbonyl (C=O) groups excluding carboxylic acids is 1. The van der Waals surface area contributed by atoms with Gasteiger partial charge in [0.05, 0.1) is 11.6 Å². The zero-order valence-corrected chi connectivity index (χ0v) is 12.2. The van der Waals surface area contributed by atoms with Crippen molar-refractivity contribution in [2.75, 3.05) is 44.8 Å². The quantitative estimate of drug-likeness (QED) is 0.869. The lowest BCUT2D eigenvalue weighted by molar-refractivity contribution is -0.134. The van der Waals surface area contributed by atoms with Crippen molar-refractivity contribution in [2.24, 2.45) is 5.73 Å². The van der Waals surface area contributed by atoms with E-state index in [-0.39, 0.29) is 12.5 Å². The Hall–Kier alpha value is -1.37. The Labute approximate surface area is 123 Å². The third-order valence-electron chi connectivity index (χ3n) is 3.29. The van der Waals surface area contributed by atoms with E-state index in [2.05, 4.69) is 9.88 Å². The number of nitrogens with two attached hydrogens (primary N) is 1. The summed E-state index contributed by atoms with van der Waals surface area (Å²) >= 11 is 6.13. The molecule has 1 amide bonds. The number of piperazine rings is 1. The number of methoxy groups -OCH3 is 1. The van der Waals surface area contributed by atoms with Crippen molar-refractivity contribution < 1.29 is 9.53 Å². The van der Waals surface area contributed by atoms with Crippen LogP contribution in [0, 0.1) is 0 Å². The Morgan fingerprint density at radius 2 is 2.20 bits per heavy atom. The minimum atomic E-state index is -0.593. The van der Waals surface area contributed by atoms with Crippen molar-refractivity contribution in [3.63, 3.8) is 0 Å². The third-order valence-corrected chi connectivity index (χ3v) is 3.59. The zero-order chi connectivity index (χ0) is 14.5. The molecule has 2 N–H and O–H groups in total. The van der Waals surface area contributed by atoms with E-state index in [1.807, 2.05) is 6.07 Å². The molecular weight excluding hydrogens is 280 g/mol. The summed E-state index contributed by atoms with van der Waals surface area (Å²) in [6.45, 7) is 2.86. The maximum absolute atomic E-state index is 12.1. The number of hydrogen-bond acceptors (Lipinski definition) is 5. The molecule has 0 bridgehead atoms. The zero-order valence-electron chi connectivity index (χ0n) is 11.5. The third kappa shape index (κ3) is 3.39. The molecule has 0 aliphatic carbocycles. The Morgan fingerprint density at radius 3 is 2.80 bits per heavy atom. The second kappa shape index (κ2) is 6.88. The maximum atomic E-state index is 12.1. The van der Waals surface area contributed by atoms with Crippen molar-refractivity contribution in [1.29, 1.82) is 0 Å². The van der Waals surface area contributed by atoms with E-state index in [0.717, 1.165) is 5.82 Å². The van der Waals surface area contributed by atoms with E-state index in [0.29, 0.717) is 31.2 Å². The number of halogens is 1. The van der Waals surface area contributed by atoms with Crippen LogP contribution in [0.2, 0.25) is 5.02 Å². The lowest BCUT2D eigenvalue weighted by atomic mass is 10.2. The lowest BCUT2D eigenvalue weighted by Gasteiger charge is -2.36. The molecule has 20 heavy (non-hydrogen) atoms. The second-order valence-corrected chi connectivity index (χ2v) is 5.09. The van der Waals surface area contributed by atoms with Crippen molar-refractivity contribution >= 4 is 23.3 Å². The largest absolute Gasteiger partial charge is 0.383 e. The standard InChI is InChI=1S/C13H19ClN4O2/c1-20-9-11(15)13(19)18-7-5-17(6-8-18)12-10(14)3-2-4-16-12/h2-4,11H,5-9,15H2,1H3. The number of carbonyl (C=O) groups is 1. The topological polar surface area (TPSA) is 71.7 Å². The smallest absolute Gasteiger partial charge is 0.241 e. The fourth-order valence-electron chi connectivity index (χ4n) is 2.23. The molecule has 0 saturated carbocycles. The van der Waals surface area contributed by atoms with E-state index in [4.69, 9.17) is 22.1 Å². The molecule has 2 rings (SSSR count). The van der Waals surface area contributed by atoms with Crippen LogP contribution >= 0.6 is 11.6 Å². The highest BCUT2D eigenvalue weighted by atomic mass is 35.5. The van der Waals surface area contributed by atoms with E-state index in [9.17, 15) is 4.79 Å². The number of nitrogens with zero attached hydrogens (tertiary/aromatic N) is 3. The molecule has 0 aromatic carbocycles. The lowest BCUT2D eigenvalue weighted by Crippen LogP contribution is -2.54. The summed E-state index contributed by atoms with van der Waals surface area (Å²) in [5.41, 5.74) is 5.77. The predicted molar refractivity (Wildman–Crippen MR) is 77.9 cm³/mol. The van der Waals surface area contributed by atoms with Gasteiger partial charge in [-0.2, -0.15) is 0 Å². The highest BCUT2D eigenvalue weighted by Gasteiger charge is 2.26. The second-order valence-electron chi connectivity index (χ2n) is 4.68. The first-order valence-electron chi connectivity index (χ1n) is 6.52. The van der Waals surface area contributed by atoms with Gasteiger partial charge in [0.2, 0.25) is 5.91 Å².